The predicted molar refractivity (Wildman–Crippen MR) is 97.3 cm³/mol. The zero-order valence-corrected chi connectivity index (χ0v) is 14.7. The fourth-order valence-corrected chi connectivity index (χ4v) is 4.17. The van der Waals surface area contributed by atoms with Gasteiger partial charge in [-0.25, -0.2) is 9.97 Å². The lowest BCUT2D eigenvalue weighted by atomic mass is 10.2. The van der Waals surface area contributed by atoms with Crippen LogP contribution in [0.5, 0.6) is 0 Å². The van der Waals surface area contributed by atoms with Crippen molar-refractivity contribution >= 4 is 28.6 Å². The van der Waals surface area contributed by atoms with Crippen molar-refractivity contribution in [1.29, 1.82) is 0 Å². The quantitative estimate of drug-likeness (QED) is 0.623. The minimum Gasteiger partial charge on any atom is -0.342 e. The van der Waals surface area contributed by atoms with Gasteiger partial charge in [-0.1, -0.05) is 42.8 Å². The molecule has 4 rings (SSSR count). The smallest absolute Gasteiger partial charge is 0.232 e. The molecule has 0 N–H and O–H groups in total. The molecule has 1 saturated heterocycles. The highest BCUT2D eigenvalue weighted by Gasteiger charge is 2.27. The van der Waals surface area contributed by atoms with Crippen LogP contribution in [0, 0.1) is 0 Å². The standard InChI is InChI=1S/C19H23N3OS/c23-17(22-11-5-1-2-6-12-22)13-24-19-15-7-3-4-8-16(15)20-18(21-19)14-9-10-14/h3-4,7-8,14H,1-2,5-6,9-13H2. The second kappa shape index (κ2) is 7.09. The summed E-state index contributed by atoms with van der Waals surface area (Å²) in [6, 6.07) is 8.14. The van der Waals surface area contributed by atoms with E-state index < -0.39 is 0 Å². The fourth-order valence-electron chi connectivity index (χ4n) is 3.24. The van der Waals surface area contributed by atoms with Crippen LogP contribution < -0.4 is 0 Å². The summed E-state index contributed by atoms with van der Waals surface area (Å²) in [5.41, 5.74) is 0.999. The maximum atomic E-state index is 12.6. The largest absolute Gasteiger partial charge is 0.342 e. The maximum Gasteiger partial charge on any atom is 0.232 e. The molecule has 5 heteroatoms. The van der Waals surface area contributed by atoms with Gasteiger partial charge in [0.25, 0.3) is 0 Å². The van der Waals surface area contributed by atoms with E-state index in [-0.39, 0.29) is 5.91 Å². The number of para-hydroxylation sites is 1. The number of hydrogen-bond acceptors (Lipinski definition) is 4. The molecule has 0 spiro atoms. The number of fused-ring (bicyclic) bond motifs is 1. The minimum absolute atomic E-state index is 0.248. The first-order chi connectivity index (χ1) is 11.8. The summed E-state index contributed by atoms with van der Waals surface area (Å²) >= 11 is 1.58. The van der Waals surface area contributed by atoms with E-state index in [9.17, 15) is 4.79 Å². The van der Waals surface area contributed by atoms with Gasteiger partial charge in [0.1, 0.15) is 10.9 Å². The van der Waals surface area contributed by atoms with Crippen LogP contribution in [-0.2, 0) is 4.79 Å². The summed E-state index contributed by atoms with van der Waals surface area (Å²) in [7, 11) is 0. The fraction of sp³-hybridized carbons (Fsp3) is 0.526. The Labute approximate surface area is 147 Å². The van der Waals surface area contributed by atoms with Crippen LogP contribution in [0.4, 0.5) is 0 Å². The Morgan fingerprint density at radius 1 is 1.08 bits per heavy atom. The number of amides is 1. The first-order valence-corrected chi connectivity index (χ1v) is 9.97. The van der Waals surface area contributed by atoms with Gasteiger partial charge >= 0.3 is 0 Å². The Morgan fingerprint density at radius 2 is 1.83 bits per heavy atom. The van der Waals surface area contributed by atoms with Crippen molar-refractivity contribution in [3.05, 3.63) is 30.1 Å². The average molecular weight is 341 g/mol. The van der Waals surface area contributed by atoms with E-state index >= 15 is 0 Å². The van der Waals surface area contributed by atoms with Crippen LogP contribution in [0.15, 0.2) is 29.3 Å². The molecule has 0 atom stereocenters. The number of likely N-dealkylation sites (tertiary alicyclic amines) is 1. The predicted octanol–water partition coefficient (Wildman–Crippen LogP) is 4.00. The number of carbonyl (C=O) groups is 1. The zero-order valence-electron chi connectivity index (χ0n) is 13.9. The molecule has 1 amide bonds. The third kappa shape index (κ3) is 3.56. The lowest BCUT2D eigenvalue weighted by Gasteiger charge is -2.20. The van der Waals surface area contributed by atoms with E-state index in [1.165, 1.54) is 25.7 Å². The van der Waals surface area contributed by atoms with Crippen molar-refractivity contribution in [3.8, 4) is 0 Å². The highest BCUT2D eigenvalue weighted by Crippen LogP contribution is 2.39. The Bertz CT molecular complexity index is 736. The van der Waals surface area contributed by atoms with Crippen LogP contribution in [0.3, 0.4) is 0 Å². The number of hydrogen-bond donors (Lipinski definition) is 0. The molecule has 126 valence electrons. The third-order valence-corrected chi connectivity index (χ3v) is 5.80. The summed E-state index contributed by atoms with van der Waals surface area (Å²) in [5.74, 6) is 2.21. The molecule has 4 nitrogen and oxygen atoms in total. The van der Waals surface area contributed by atoms with Crippen molar-refractivity contribution in [1.82, 2.24) is 14.9 Å². The number of carbonyl (C=O) groups excluding carboxylic acids is 1. The van der Waals surface area contributed by atoms with Crippen molar-refractivity contribution in [2.45, 2.75) is 49.5 Å². The van der Waals surface area contributed by atoms with Gasteiger partial charge in [-0.3, -0.25) is 4.79 Å². The molecule has 2 aliphatic rings. The molecule has 0 bridgehead atoms. The van der Waals surface area contributed by atoms with Gasteiger partial charge in [-0.2, -0.15) is 0 Å². The van der Waals surface area contributed by atoms with Gasteiger partial charge in [0.05, 0.1) is 11.3 Å². The average Bonchev–Trinajstić information content (AvgIpc) is 3.46. The molecule has 2 heterocycles. The summed E-state index contributed by atoms with van der Waals surface area (Å²) < 4.78 is 0. The van der Waals surface area contributed by atoms with Gasteiger partial charge in [0, 0.05) is 24.4 Å². The van der Waals surface area contributed by atoms with Gasteiger partial charge < -0.3 is 4.90 Å². The Kier molecular flexibility index (Phi) is 4.69. The lowest BCUT2D eigenvalue weighted by molar-refractivity contribution is -0.128. The number of rotatable bonds is 4. The SMILES string of the molecule is O=C(CSc1nc(C2CC2)nc2ccccc12)N1CCCCCC1. The Hall–Kier alpha value is -1.62. The minimum atomic E-state index is 0.248. The number of aromatic nitrogens is 2. The van der Waals surface area contributed by atoms with E-state index in [1.807, 2.05) is 23.1 Å². The molecule has 1 saturated carbocycles. The normalized spacial score (nSPS) is 18.6. The summed E-state index contributed by atoms with van der Waals surface area (Å²) in [5, 5.41) is 2.03. The van der Waals surface area contributed by atoms with E-state index in [0.717, 1.165) is 47.7 Å². The highest BCUT2D eigenvalue weighted by atomic mass is 32.2. The van der Waals surface area contributed by atoms with Gasteiger partial charge in [-0.15, -0.1) is 0 Å². The topological polar surface area (TPSA) is 46.1 Å². The summed E-state index contributed by atoms with van der Waals surface area (Å²) in [6.45, 7) is 1.83. The van der Waals surface area contributed by atoms with Crippen LogP contribution in [-0.4, -0.2) is 39.6 Å². The van der Waals surface area contributed by atoms with Crippen molar-refractivity contribution in [2.24, 2.45) is 0 Å². The lowest BCUT2D eigenvalue weighted by Crippen LogP contribution is -2.33. The van der Waals surface area contributed by atoms with Crippen LogP contribution in [0.1, 0.15) is 50.3 Å². The second-order valence-corrected chi connectivity index (χ2v) is 7.73. The molecule has 0 radical (unpaired) electrons. The monoisotopic (exact) mass is 341 g/mol. The Morgan fingerprint density at radius 3 is 2.58 bits per heavy atom. The van der Waals surface area contributed by atoms with E-state index in [2.05, 4.69) is 6.07 Å². The van der Waals surface area contributed by atoms with Gasteiger partial charge in [0.2, 0.25) is 5.91 Å². The third-order valence-electron chi connectivity index (χ3n) is 4.82. The maximum absolute atomic E-state index is 12.6. The van der Waals surface area contributed by atoms with Gasteiger partial charge in [0.15, 0.2) is 0 Å². The van der Waals surface area contributed by atoms with Crippen LogP contribution >= 0.6 is 11.8 Å². The molecule has 0 unspecified atom stereocenters. The molecular formula is C19H23N3OS. The summed E-state index contributed by atoms with van der Waals surface area (Å²) in [4.78, 5) is 24.1. The molecule has 1 aromatic carbocycles. The highest BCUT2D eigenvalue weighted by molar-refractivity contribution is 8.00. The van der Waals surface area contributed by atoms with E-state index in [0.29, 0.717) is 11.7 Å². The van der Waals surface area contributed by atoms with E-state index in [1.54, 1.807) is 11.8 Å². The zero-order chi connectivity index (χ0) is 16.4. The second-order valence-electron chi connectivity index (χ2n) is 6.76. The molecule has 2 aromatic rings. The van der Waals surface area contributed by atoms with Gasteiger partial charge in [-0.05, 0) is 31.7 Å². The molecule has 1 aliphatic carbocycles. The van der Waals surface area contributed by atoms with Crippen molar-refractivity contribution < 1.29 is 4.79 Å². The number of thioether (sulfide) groups is 1. The van der Waals surface area contributed by atoms with E-state index in [4.69, 9.17) is 9.97 Å². The molecule has 1 aliphatic heterocycles. The van der Waals surface area contributed by atoms with Crippen molar-refractivity contribution in [3.63, 3.8) is 0 Å². The van der Waals surface area contributed by atoms with Crippen LogP contribution in [0.2, 0.25) is 0 Å². The first-order valence-electron chi connectivity index (χ1n) is 8.98. The van der Waals surface area contributed by atoms with Crippen LogP contribution in [0.25, 0.3) is 10.9 Å². The molecular weight excluding hydrogens is 318 g/mol. The Balaban J connectivity index is 1.52. The first kappa shape index (κ1) is 15.9. The molecule has 2 fully saturated rings. The number of nitrogens with zero attached hydrogens (tertiary/aromatic N) is 3. The number of benzene rings is 1. The molecule has 1 aromatic heterocycles. The molecule has 24 heavy (non-hydrogen) atoms. The van der Waals surface area contributed by atoms with Crippen molar-refractivity contribution in [2.75, 3.05) is 18.8 Å². The summed E-state index contributed by atoms with van der Waals surface area (Å²) in [6.07, 6.45) is 7.15.